The van der Waals surface area contributed by atoms with Crippen molar-refractivity contribution in [3.63, 3.8) is 0 Å². The third-order valence-corrected chi connectivity index (χ3v) is 23.1. The fourth-order valence-electron chi connectivity index (χ4n) is 16.9. The van der Waals surface area contributed by atoms with Crippen LogP contribution in [0.15, 0.2) is 242 Å². The van der Waals surface area contributed by atoms with Crippen LogP contribution in [0.3, 0.4) is 0 Å². The predicted molar refractivity (Wildman–Crippen MR) is 469 cm³/mol. The lowest BCUT2D eigenvalue weighted by Crippen LogP contribution is -2.44. The number of benzene rings is 8. The summed E-state index contributed by atoms with van der Waals surface area (Å²) in [5.41, 5.74) is 10.1. The number of carboxylic acids is 4. The van der Waals surface area contributed by atoms with E-state index in [0.29, 0.717) is 13.1 Å². The molecule has 4 amide bonds. The van der Waals surface area contributed by atoms with Gasteiger partial charge < -0.3 is 76.6 Å². The van der Waals surface area contributed by atoms with E-state index in [2.05, 4.69) is 162 Å². The molecule has 4 aliphatic rings. The number of nitrogens with zero attached hydrogens (tertiary/aromatic N) is 4. The third-order valence-electron chi connectivity index (χ3n) is 22.7. The molecule has 4 aliphatic heterocycles. The molecule has 122 heavy (non-hydrogen) atoms. The quantitative estimate of drug-likeness (QED) is 0.0101. The maximum Gasteiger partial charge on any atom is 0.469 e. The van der Waals surface area contributed by atoms with E-state index >= 15 is 0 Å². The molecule has 4 heterocycles. The number of carbonyl (C=O) groups is 8. The molecule has 0 bridgehead atoms. The molecule has 0 fully saturated rings. The number of hydrogen-bond donors (Lipinski definition) is 13. The van der Waals surface area contributed by atoms with Crippen LogP contribution in [0.25, 0.3) is 43.1 Å². The highest BCUT2D eigenvalue weighted by Gasteiger charge is 2.49. The Morgan fingerprint density at radius 1 is 0.385 bits per heavy atom. The van der Waals surface area contributed by atoms with Gasteiger partial charge in [-0.1, -0.05) is 198 Å². The second-order valence-electron chi connectivity index (χ2n) is 32.1. The van der Waals surface area contributed by atoms with Crippen molar-refractivity contribution in [2.75, 3.05) is 62.4 Å². The molecular formula is C94H103N8O19P+2. The number of carbonyl (C=O) groups excluding carboxylic acids is 4. The van der Waals surface area contributed by atoms with E-state index in [1.807, 2.05) is 169 Å². The van der Waals surface area contributed by atoms with Crippen LogP contribution in [0.1, 0.15) is 103 Å². The number of aliphatic hydroxyl groups excluding tert-OH is 3. The molecule has 0 spiro atoms. The Bertz CT molecular complexity index is 5820. The van der Waals surface area contributed by atoms with Crippen molar-refractivity contribution < 1.29 is 102 Å². The maximum absolute atomic E-state index is 13.1. The van der Waals surface area contributed by atoms with Crippen molar-refractivity contribution in [1.82, 2.24) is 21.3 Å². The van der Waals surface area contributed by atoms with E-state index in [1.54, 1.807) is 0 Å². The van der Waals surface area contributed by atoms with Gasteiger partial charge in [0, 0.05) is 94.9 Å². The highest BCUT2D eigenvalue weighted by Crippen LogP contribution is 2.53. The highest BCUT2D eigenvalue weighted by atomic mass is 31.2. The van der Waals surface area contributed by atoms with Crippen molar-refractivity contribution in [2.24, 2.45) is 0 Å². The van der Waals surface area contributed by atoms with E-state index in [9.17, 15) is 78.7 Å². The second kappa shape index (κ2) is 38.4. The molecule has 8 aromatic rings. The van der Waals surface area contributed by atoms with E-state index in [0.717, 1.165) is 111 Å². The number of fused-ring (bicyclic) bond motifs is 12. The largest absolute Gasteiger partial charge is 0.480 e. The Labute approximate surface area is 706 Å². The number of nitrogens with one attached hydrogen (secondary N) is 4. The van der Waals surface area contributed by atoms with Crippen molar-refractivity contribution in [3.05, 3.63) is 264 Å². The molecule has 0 aliphatic carbocycles. The van der Waals surface area contributed by atoms with Gasteiger partial charge in [0.25, 0.3) is 0 Å². The van der Waals surface area contributed by atoms with Crippen LogP contribution in [-0.2, 0) is 69.1 Å². The molecule has 636 valence electrons. The smallest absolute Gasteiger partial charge is 0.469 e. The molecule has 4 atom stereocenters. The summed E-state index contributed by atoms with van der Waals surface area (Å²) in [6.45, 7) is 15.1. The summed E-state index contributed by atoms with van der Waals surface area (Å²) in [4.78, 5) is 120. The first-order valence-electron chi connectivity index (χ1n) is 40.0. The van der Waals surface area contributed by atoms with E-state index in [1.165, 1.54) is 0 Å². The van der Waals surface area contributed by atoms with E-state index in [4.69, 9.17) is 9.79 Å². The number of aliphatic carboxylic acids is 4. The molecule has 0 aromatic heterocycles. The minimum Gasteiger partial charge on any atom is -0.480 e. The van der Waals surface area contributed by atoms with Crippen LogP contribution in [0.2, 0.25) is 0 Å². The number of rotatable bonds is 34. The Hall–Kier alpha value is -12.6. The van der Waals surface area contributed by atoms with Crippen LogP contribution in [0.5, 0.6) is 0 Å². The molecule has 27 nitrogen and oxygen atoms in total. The van der Waals surface area contributed by atoms with Gasteiger partial charge in [-0.3, -0.25) is 23.7 Å². The van der Waals surface area contributed by atoms with Gasteiger partial charge in [-0.25, -0.2) is 23.7 Å². The number of amides is 4. The first-order chi connectivity index (χ1) is 58.0. The molecule has 0 radical (unpaired) electrons. The summed E-state index contributed by atoms with van der Waals surface area (Å²) in [7, 11) is -4.96. The summed E-state index contributed by atoms with van der Waals surface area (Å²) in [5.74, 6) is -7.49. The lowest BCUT2D eigenvalue weighted by atomic mass is 9.79. The molecule has 8 aromatic carbocycles. The fourth-order valence-corrected chi connectivity index (χ4v) is 17.2. The third kappa shape index (κ3) is 19.9. The number of hydrogen-bond acceptors (Lipinski definition) is 15. The van der Waals surface area contributed by atoms with Crippen LogP contribution in [0.4, 0.5) is 22.7 Å². The van der Waals surface area contributed by atoms with Crippen molar-refractivity contribution in [1.29, 1.82) is 0 Å². The highest BCUT2D eigenvalue weighted by molar-refractivity contribution is 7.46. The maximum atomic E-state index is 13.1. The van der Waals surface area contributed by atoms with Gasteiger partial charge in [-0.15, -0.1) is 0 Å². The average molecular weight is 1680 g/mol. The van der Waals surface area contributed by atoms with Crippen molar-refractivity contribution in [2.45, 2.75) is 127 Å². The zero-order chi connectivity index (χ0) is 88.2. The summed E-state index contributed by atoms with van der Waals surface area (Å²) in [6.07, 6.45) is 27.1. The Balaban J connectivity index is 0.000000239. The molecule has 0 saturated heterocycles. The first-order valence-corrected chi connectivity index (χ1v) is 41.6. The summed E-state index contributed by atoms with van der Waals surface area (Å²) in [6, 6.07) is 43.0. The van der Waals surface area contributed by atoms with Crippen LogP contribution in [0, 0.1) is 0 Å². The second-order valence-corrected chi connectivity index (χ2v) is 33.4. The lowest BCUT2D eigenvalue weighted by molar-refractivity contribution is -0.436. The summed E-state index contributed by atoms with van der Waals surface area (Å²) < 4.78 is 19.7. The van der Waals surface area contributed by atoms with Gasteiger partial charge in [0.2, 0.25) is 35.0 Å². The molecule has 4 unspecified atom stereocenters. The van der Waals surface area contributed by atoms with Gasteiger partial charge in [0.15, 0.2) is 30.6 Å². The number of anilines is 2. The summed E-state index contributed by atoms with van der Waals surface area (Å²) >= 11 is 0. The van der Waals surface area contributed by atoms with Crippen LogP contribution < -0.4 is 31.1 Å². The molecule has 12 rings (SSSR count). The van der Waals surface area contributed by atoms with E-state index < -0.39 is 128 Å². The number of aliphatic hydroxyl groups is 3. The summed E-state index contributed by atoms with van der Waals surface area (Å²) in [5, 5.41) is 84.0. The van der Waals surface area contributed by atoms with Gasteiger partial charge in [0.1, 0.15) is 18.1 Å². The van der Waals surface area contributed by atoms with Gasteiger partial charge in [0.05, 0.1) is 50.1 Å². The zero-order valence-corrected chi connectivity index (χ0v) is 70.0. The predicted octanol–water partition coefficient (Wildman–Crippen LogP) is 11.4. The zero-order valence-electron chi connectivity index (χ0n) is 69.1. The first kappa shape index (κ1) is 90.2. The number of allylic oxidation sites excluding steroid dienone is 16. The molecule has 13 N–H and O–H groups in total. The van der Waals surface area contributed by atoms with Gasteiger partial charge >= 0.3 is 31.7 Å². The SMILES string of the molecule is CC1(C)C(/C=C/C=C/C=C/C=C2\N(CCC(=O)NC(CO)C(=O)O)c3ccc4ccccc4c3C2(C)C)=[N+](CCC(=O)NC(CO)C(=O)O)c2ccc3ccccc3c21.CC1(C)C(/C=C/C=C/C=C/C=C2\N(CCC(=O)NC(COP(=O)(O)O)C(=O)O)c3ccc4ccccc4c3C2(C)C)=[N+](CCC(=O)NC(CO)C(=O)O)c2ccc3ccccc3c21. The van der Waals surface area contributed by atoms with E-state index in [-0.39, 0.29) is 38.8 Å². The Morgan fingerprint density at radius 3 is 1.01 bits per heavy atom. The van der Waals surface area contributed by atoms with Crippen molar-refractivity contribution in [3.8, 4) is 0 Å². The molecular weight excluding hydrogens is 1580 g/mol. The average Bonchev–Trinajstić information content (AvgIpc) is 1.59. The van der Waals surface area contributed by atoms with Crippen molar-refractivity contribution >= 4 is 133 Å². The van der Waals surface area contributed by atoms with Crippen LogP contribution in [-0.4, -0.2) is 190 Å². The standard InChI is InChI=1S/C47H51N4O11P.C47H50N4O8/c1-46(2)38(50(26-24-40(53)48-34(28-52)44(55)56)36-22-20-30-14-10-12-16-32(30)42(36)46)18-8-6-5-7-9-19-39-47(3,4)43-33-17-13-11-15-31(33)21-23-37(43)51(39)27-25-41(54)49-35(45(57)58)29-62-63(59,60)61;1-46(2)38(50(26-24-40(54)48-34(28-52)44(56)57)36-22-20-30-14-10-12-16-32(30)42(36)46)18-8-6-5-7-9-19-39-47(3,4)43-33-17-13-11-15-31(33)21-23-37(43)51(39)27-25-41(55)49-35(29-53)45(58)59/h5-23,34-35,52H,24-29H2,1-4H3,(H5-,48,49,53,54,55,56,57,58,59,60,61);5-23,34-35,52-53H,24-29H2,1-4H3,(H3-,48,49,54,55,56,57,58,59)/p+2. The Morgan fingerprint density at radius 2 is 0.680 bits per heavy atom. The van der Waals surface area contributed by atoms with Crippen LogP contribution >= 0.6 is 7.82 Å². The lowest BCUT2D eigenvalue weighted by Gasteiger charge is -2.27. The monoisotopic (exact) mass is 1680 g/mol. The molecule has 28 heteroatoms. The minimum absolute atomic E-state index is 0.00832. The number of carboxylic acid groups (broad SMARTS) is 4. The topological polar surface area (TPSA) is 406 Å². The number of phosphoric ester groups is 1. The minimum atomic E-state index is -4.96. The molecule has 0 saturated carbocycles. The fraction of sp³-hybridized carbons (Fsp3) is 0.298. The normalized spacial score (nSPS) is 17.3. The van der Waals surface area contributed by atoms with Gasteiger partial charge in [-0.2, -0.15) is 9.15 Å². The number of phosphoric acid groups is 1. The van der Waals surface area contributed by atoms with Gasteiger partial charge in [-0.05, 0) is 118 Å². The Kier molecular flexibility index (Phi) is 28.4.